The van der Waals surface area contributed by atoms with Crippen LogP contribution in [-0.4, -0.2) is 65.5 Å². The van der Waals surface area contributed by atoms with Crippen molar-refractivity contribution in [3.63, 3.8) is 0 Å². The maximum atomic E-state index is 13.8. The molecule has 0 aliphatic carbocycles. The Bertz CT molecular complexity index is 1490. The molecule has 6 rings (SSSR count). The van der Waals surface area contributed by atoms with Crippen LogP contribution < -0.4 is 15.2 Å². The fraction of sp³-hybridized carbons (Fsp3) is 0.371. The van der Waals surface area contributed by atoms with Crippen LogP contribution in [0, 0.1) is 12.8 Å². The number of aromatic nitrogens is 2. The minimum atomic E-state index is -0.192. The summed E-state index contributed by atoms with van der Waals surface area (Å²) in [6.07, 6.45) is 3.96. The number of hydrogen-bond donors (Lipinski definition) is 0. The third kappa shape index (κ3) is 6.92. The molecule has 2 aliphatic rings. The van der Waals surface area contributed by atoms with E-state index in [0.717, 1.165) is 76.6 Å². The lowest BCUT2D eigenvalue weighted by atomic mass is 9.97. The number of piperazine rings is 1. The van der Waals surface area contributed by atoms with Gasteiger partial charge in [0.2, 0.25) is 5.75 Å². The van der Waals surface area contributed by atoms with Gasteiger partial charge in [0.25, 0.3) is 0 Å². The SMILES string of the molecule is Cc1cccc(CN2CCN(c3cnn(-c4ccccc4)c(=O)c3OCC3CCN(Cc4ccccc4)CC3)CC2)c1. The van der Waals surface area contributed by atoms with Gasteiger partial charge in [0.15, 0.2) is 0 Å². The first-order chi connectivity index (χ1) is 20.6. The van der Waals surface area contributed by atoms with Crippen molar-refractivity contribution < 1.29 is 4.74 Å². The van der Waals surface area contributed by atoms with Crippen LogP contribution in [0.15, 0.2) is 95.9 Å². The highest BCUT2D eigenvalue weighted by Gasteiger charge is 2.26. The highest BCUT2D eigenvalue weighted by atomic mass is 16.5. The normalized spacial score (nSPS) is 16.9. The Balaban J connectivity index is 1.13. The van der Waals surface area contributed by atoms with Crippen LogP contribution in [0.25, 0.3) is 5.69 Å². The molecule has 2 aliphatic heterocycles. The maximum absolute atomic E-state index is 13.8. The van der Waals surface area contributed by atoms with Crippen LogP contribution in [0.4, 0.5) is 5.69 Å². The summed E-state index contributed by atoms with van der Waals surface area (Å²) in [4.78, 5) is 21.1. The van der Waals surface area contributed by atoms with Gasteiger partial charge in [-0.15, -0.1) is 0 Å². The Morgan fingerprint density at radius 2 is 1.40 bits per heavy atom. The zero-order valence-electron chi connectivity index (χ0n) is 24.6. The van der Waals surface area contributed by atoms with Gasteiger partial charge in [-0.05, 0) is 62.0 Å². The molecule has 1 aromatic heterocycles. The Morgan fingerprint density at radius 3 is 2.12 bits per heavy atom. The lowest BCUT2D eigenvalue weighted by Gasteiger charge is -2.36. The van der Waals surface area contributed by atoms with E-state index in [2.05, 4.69) is 81.3 Å². The molecule has 3 heterocycles. The highest BCUT2D eigenvalue weighted by Crippen LogP contribution is 2.28. The lowest BCUT2D eigenvalue weighted by molar-refractivity contribution is 0.136. The van der Waals surface area contributed by atoms with Gasteiger partial charge in [-0.3, -0.25) is 14.6 Å². The Morgan fingerprint density at radius 1 is 0.762 bits per heavy atom. The predicted octanol–water partition coefficient (Wildman–Crippen LogP) is 5.15. The van der Waals surface area contributed by atoms with Gasteiger partial charge in [-0.2, -0.15) is 9.78 Å². The first-order valence-corrected chi connectivity index (χ1v) is 15.2. The van der Waals surface area contributed by atoms with Crippen molar-refractivity contribution in [2.24, 2.45) is 5.92 Å². The molecule has 0 bridgehead atoms. The van der Waals surface area contributed by atoms with E-state index in [-0.39, 0.29) is 5.56 Å². The third-order valence-electron chi connectivity index (χ3n) is 8.54. The highest BCUT2D eigenvalue weighted by molar-refractivity contribution is 5.57. The molecule has 42 heavy (non-hydrogen) atoms. The Hall–Kier alpha value is -3.94. The monoisotopic (exact) mass is 563 g/mol. The van der Waals surface area contributed by atoms with Crippen LogP contribution >= 0.6 is 0 Å². The van der Waals surface area contributed by atoms with E-state index in [1.54, 1.807) is 0 Å². The van der Waals surface area contributed by atoms with Crippen molar-refractivity contribution in [2.75, 3.05) is 50.8 Å². The second kappa shape index (κ2) is 13.4. The van der Waals surface area contributed by atoms with Crippen molar-refractivity contribution >= 4 is 5.69 Å². The fourth-order valence-corrected chi connectivity index (χ4v) is 6.11. The zero-order chi connectivity index (χ0) is 28.7. The molecule has 4 aromatic rings. The van der Waals surface area contributed by atoms with Gasteiger partial charge in [0.1, 0.15) is 5.69 Å². The fourth-order valence-electron chi connectivity index (χ4n) is 6.11. The Labute approximate surface area is 249 Å². The second-order valence-corrected chi connectivity index (χ2v) is 11.7. The summed E-state index contributed by atoms with van der Waals surface area (Å²) in [6.45, 7) is 10.2. The number of aryl methyl sites for hydroxylation is 1. The van der Waals surface area contributed by atoms with Crippen molar-refractivity contribution in [1.29, 1.82) is 0 Å². The van der Waals surface area contributed by atoms with Crippen LogP contribution in [-0.2, 0) is 13.1 Å². The number of nitrogens with zero attached hydrogens (tertiary/aromatic N) is 5. The van der Waals surface area contributed by atoms with Crippen LogP contribution in [0.2, 0.25) is 0 Å². The van der Waals surface area contributed by atoms with Gasteiger partial charge >= 0.3 is 5.56 Å². The van der Waals surface area contributed by atoms with E-state index in [4.69, 9.17) is 4.74 Å². The molecule has 218 valence electrons. The number of likely N-dealkylation sites (tertiary alicyclic amines) is 1. The van der Waals surface area contributed by atoms with Crippen molar-refractivity contribution in [1.82, 2.24) is 19.6 Å². The van der Waals surface area contributed by atoms with Crippen molar-refractivity contribution in [2.45, 2.75) is 32.9 Å². The van der Waals surface area contributed by atoms with Crippen LogP contribution in [0.1, 0.15) is 29.5 Å². The topological polar surface area (TPSA) is 53.8 Å². The van der Waals surface area contributed by atoms with E-state index >= 15 is 0 Å². The average Bonchev–Trinajstić information content (AvgIpc) is 3.02. The molecule has 2 fully saturated rings. The molecule has 0 unspecified atom stereocenters. The summed E-state index contributed by atoms with van der Waals surface area (Å²) in [5, 5.41) is 4.59. The predicted molar refractivity (Wildman–Crippen MR) is 168 cm³/mol. The van der Waals surface area contributed by atoms with Gasteiger partial charge in [0, 0.05) is 39.3 Å². The van der Waals surface area contributed by atoms with E-state index in [0.29, 0.717) is 18.3 Å². The molecule has 0 atom stereocenters. The van der Waals surface area contributed by atoms with Gasteiger partial charge in [0.05, 0.1) is 18.5 Å². The van der Waals surface area contributed by atoms with Crippen LogP contribution in [0.3, 0.4) is 0 Å². The summed E-state index contributed by atoms with van der Waals surface area (Å²) < 4.78 is 7.93. The summed E-state index contributed by atoms with van der Waals surface area (Å²) >= 11 is 0. The van der Waals surface area contributed by atoms with Crippen molar-refractivity contribution in [3.8, 4) is 11.4 Å². The number of hydrogen-bond acceptors (Lipinski definition) is 6. The van der Waals surface area contributed by atoms with Crippen LogP contribution in [0.5, 0.6) is 5.75 Å². The minimum Gasteiger partial charge on any atom is -0.486 e. The standard InChI is InChI=1S/C35H41N5O2/c1-28-9-8-12-31(23-28)26-38-19-21-39(22-20-38)33-24-36-40(32-13-6-3-7-14-32)35(41)34(33)42-27-30-15-17-37(18-16-30)25-29-10-4-2-5-11-29/h2-14,23-24,30H,15-22,25-27H2,1H3. The first kappa shape index (κ1) is 28.2. The molecule has 3 aromatic carbocycles. The minimum absolute atomic E-state index is 0.192. The number of rotatable bonds is 9. The molecule has 0 spiro atoms. The largest absolute Gasteiger partial charge is 0.486 e. The molecular formula is C35H41N5O2. The molecule has 7 heteroatoms. The van der Waals surface area contributed by atoms with Gasteiger partial charge in [-0.1, -0.05) is 78.4 Å². The summed E-state index contributed by atoms with van der Waals surface area (Å²) in [6, 6.07) is 29.0. The second-order valence-electron chi connectivity index (χ2n) is 11.7. The van der Waals surface area contributed by atoms with Gasteiger partial charge < -0.3 is 9.64 Å². The zero-order valence-corrected chi connectivity index (χ0v) is 24.6. The Kier molecular flexibility index (Phi) is 8.97. The van der Waals surface area contributed by atoms with Gasteiger partial charge in [-0.25, -0.2) is 0 Å². The van der Waals surface area contributed by atoms with E-state index in [1.807, 2.05) is 36.5 Å². The number of para-hydroxylation sites is 1. The molecular weight excluding hydrogens is 522 g/mol. The summed E-state index contributed by atoms with van der Waals surface area (Å²) in [5.74, 6) is 0.849. The quantitative estimate of drug-likeness (QED) is 0.281. The average molecular weight is 564 g/mol. The number of benzene rings is 3. The van der Waals surface area contributed by atoms with Crippen molar-refractivity contribution in [3.05, 3.63) is 118 Å². The number of ether oxygens (including phenoxy) is 1. The lowest BCUT2D eigenvalue weighted by Crippen LogP contribution is -2.46. The molecule has 0 N–H and O–H groups in total. The maximum Gasteiger partial charge on any atom is 0.316 e. The third-order valence-corrected chi connectivity index (χ3v) is 8.54. The summed E-state index contributed by atoms with van der Waals surface area (Å²) in [5.41, 5.74) is 5.35. The molecule has 0 radical (unpaired) electrons. The van der Waals surface area contributed by atoms with E-state index in [1.165, 1.54) is 21.4 Å². The van der Waals surface area contributed by atoms with E-state index in [9.17, 15) is 4.79 Å². The van der Waals surface area contributed by atoms with E-state index < -0.39 is 0 Å². The first-order valence-electron chi connectivity index (χ1n) is 15.2. The number of anilines is 1. The smallest absolute Gasteiger partial charge is 0.316 e. The number of piperidine rings is 1. The molecule has 7 nitrogen and oxygen atoms in total. The molecule has 0 saturated carbocycles. The summed E-state index contributed by atoms with van der Waals surface area (Å²) in [7, 11) is 0. The molecule has 0 amide bonds. The molecule has 2 saturated heterocycles.